The first-order chi connectivity index (χ1) is 9.56. The summed E-state index contributed by atoms with van der Waals surface area (Å²) in [5.74, 6) is -0.109. The lowest BCUT2D eigenvalue weighted by atomic mass is 10.3. The Morgan fingerprint density at radius 2 is 2.30 bits per heavy atom. The molecule has 0 unspecified atom stereocenters. The molecule has 2 aromatic rings. The number of nitrogens with zero attached hydrogens (tertiary/aromatic N) is 2. The van der Waals surface area contributed by atoms with Crippen molar-refractivity contribution in [2.45, 2.75) is 13.3 Å². The minimum absolute atomic E-state index is 0.0673. The maximum absolute atomic E-state index is 11.6. The fourth-order valence-electron chi connectivity index (χ4n) is 1.45. The summed E-state index contributed by atoms with van der Waals surface area (Å²) in [7, 11) is 0. The molecule has 0 aliphatic carbocycles. The molecule has 0 saturated carbocycles. The summed E-state index contributed by atoms with van der Waals surface area (Å²) >= 11 is 1.15. The van der Waals surface area contributed by atoms with E-state index >= 15 is 0 Å². The van der Waals surface area contributed by atoms with Crippen molar-refractivity contribution in [2.24, 2.45) is 0 Å². The Morgan fingerprint density at radius 1 is 1.50 bits per heavy atom. The van der Waals surface area contributed by atoms with Crippen LogP contribution in [0.3, 0.4) is 0 Å². The number of aromatic carboxylic acids is 1. The van der Waals surface area contributed by atoms with Crippen LogP contribution in [0.25, 0.3) is 0 Å². The SMILES string of the molecule is Cc1noc(CCNC(=O)Nc2sccc2C(=O)O)n1. The second kappa shape index (κ2) is 6.15. The number of carbonyl (C=O) groups excluding carboxylic acids is 1. The Balaban J connectivity index is 1.80. The summed E-state index contributed by atoms with van der Waals surface area (Å²) in [6.45, 7) is 2.01. The number of thiophene rings is 1. The normalized spacial score (nSPS) is 10.2. The van der Waals surface area contributed by atoms with Crippen LogP contribution in [-0.2, 0) is 6.42 Å². The number of amides is 2. The molecule has 3 N–H and O–H groups in total. The van der Waals surface area contributed by atoms with Crippen LogP contribution < -0.4 is 10.6 Å². The van der Waals surface area contributed by atoms with Crippen molar-refractivity contribution < 1.29 is 19.2 Å². The van der Waals surface area contributed by atoms with Gasteiger partial charge >= 0.3 is 12.0 Å². The summed E-state index contributed by atoms with van der Waals surface area (Å²) in [5.41, 5.74) is 0.0673. The van der Waals surface area contributed by atoms with E-state index in [9.17, 15) is 9.59 Å². The zero-order chi connectivity index (χ0) is 14.5. The number of carbonyl (C=O) groups is 2. The molecule has 2 amide bonds. The van der Waals surface area contributed by atoms with E-state index in [2.05, 4.69) is 20.8 Å². The van der Waals surface area contributed by atoms with Crippen LogP contribution >= 0.6 is 11.3 Å². The standard InChI is InChI=1S/C11H12N4O4S/c1-6-13-8(19-15-6)2-4-12-11(18)14-9-7(10(16)17)3-5-20-9/h3,5H,2,4H2,1H3,(H,16,17)(H2,12,14,18). The molecule has 0 aromatic carbocycles. The number of hydrogen-bond acceptors (Lipinski definition) is 6. The molecule has 20 heavy (non-hydrogen) atoms. The van der Waals surface area contributed by atoms with E-state index in [0.29, 0.717) is 29.7 Å². The van der Waals surface area contributed by atoms with Crippen molar-refractivity contribution in [3.05, 3.63) is 28.7 Å². The number of rotatable bonds is 5. The molecule has 106 valence electrons. The van der Waals surface area contributed by atoms with E-state index in [4.69, 9.17) is 9.63 Å². The lowest BCUT2D eigenvalue weighted by molar-refractivity contribution is 0.0698. The zero-order valence-electron chi connectivity index (χ0n) is 10.5. The number of aryl methyl sites for hydroxylation is 1. The van der Waals surface area contributed by atoms with Gasteiger partial charge in [0.1, 0.15) is 5.00 Å². The second-order valence-corrected chi connectivity index (χ2v) is 4.75. The van der Waals surface area contributed by atoms with Gasteiger partial charge in [-0.15, -0.1) is 11.3 Å². The Kier molecular flexibility index (Phi) is 4.31. The quantitative estimate of drug-likeness (QED) is 0.769. The molecular formula is C11H12N4O4S. The molecule has 2 rings (SSSR count). The maximum Gasteiger partial charge on any atom is 0.338 e. The largest absolute Gasteiger partial charge is 0.478 e. The van der Waals surface area contributed by atoms with Gasteiger partial charge in [0.25, 0.3) is 0 Å². The number of nitrogens with one attached hydrogen (secondary N) is 2. The van der Waals surface area contributed by atoms with Crippen molar-refractivity contribution in [1.29, 1.82) is 0 Å². The highest BCUT2D eigenvalue weighted by molar-refractivity contribution is 7.14. The number of anilines is 1. The van der Waals surface area contributed by atoms with Crippen molar-refractivity contribution in [3.63, 3.8) is 0 Å². The summed E-state index contributed by atoms with van der Waals surface area (Å²) in [6, 6.07) is 0.954. The first-order valence-electron chi connectivity index (χ1n) is 5.71. The fourth-order valence-corrected chi connectivity index (χ4v) is 2.22. The van der Waals surface area contributed by atoms with E-state index in [1.165, 1.54) is 6.07 Å². The van der Waals surface area contributed by atoms with Crippen LogP contribution in [0, 0.1) is 6.92 Å². The molecule has 0 spiro atoms. The minimum Gasteiger partial charge on any atom is -0.478 e. The Bertz CT molecular complexity index is 621. The average Bonchev–Trinajstić information content (AvgIpc) is 2.98. The summed E-state index contributed by atoms with van der Waals surface area (Å²) in [6.07, 6.45) is 0.407. The average molecular weight is 296 g/mol. The van der Waals surface area contributed by atoms with Gasteiger partial charge in [-0.05, 0) is 18.4 Å². The van der Waals surface area contributed by atoms with Crippen LogP contribution in [0.1, 0.15) is 22.1 Å². The van der Waals surface area contributed by atoms with E-state index in [1.54, 1.807) is 12.3 Å². The van der Waals surface area contributed by atoms with Crippen molar-refractivity contribution in [3.8, 4) is 0 Å². The molecule has 2 heterocycles. The first kappa shape index (κ1) is 14.0. The molecule has 0 radical (unpaired) electrons. The Hall–Kier alpha value is -2.42. The van der Waals surface area contributed by atoms with E-state index in [1.807, 2.05) is 0 Å². The highest BCUT2D eigenvalue weighted by Gasteiger charge is 2.13. The van der Waals surface area contributed by atoms with E-state index in [-0.39, 0.29) is 5.56 Å². The third-order valence-electron chi connectivity index (χ3n) is 2.32. The van der Waals surface area contributed by atoms with Gasteiger partial charge in [0.15, 0.2) is 5.82 Å². The molecule has 0 aliphatic rings. The lowest BCUT2D eigenvalue weighted by Crippen LogP contribution is -2.30. The van der Waals surface area contributed by atoms with Crippen molar-refractivity contribution in [1.82, 2.24) is 15.5 Å². The first-order valence-corrected chi connectivity index (χ1v) is 6.59. The van der Waals surface area contributed by atoms with E-state index in [0.717, 1.165) is 11.3 Å². The van der Waals surface area contributed by atoms with Gasteiger partial charge in [-0.1, -0.05) is 5.16 Å². The van der Waals surface area contributed by atoms with Crippen LogP contribution in [-0.4, -0.2) is 33.8 Å². The number of carboxylic acids is 1. The number of hydrogen-bond donors (Lipinski definition) is 3. The minimum atomic E-state index is -1.08. The van der Waals surface area contributed by atoms with Crippen LogP contribution in [0.4, 0.5) is 9.80 Å². The molecular weight excluding hydrogens is 284 g/mol. The van der Waals surface area contributed by atoms with Gasteiger partial charge in [-0.2, -0.15) is 4.98 Å². The molecule has 0 bridgehead atoms. The van der Waals surface area contributed by atoms with Gasteiger partial charge in [0.05, 0.1) is 5.56 Å². The molecule has 0 aliphatic heterocycles. The topological polar surface area (TPSA) is 117 Å². The molecule has 0 atom stereocenters. The van der Waals surface area contributed by atoms with Gasteiger partial charge in [0.2, 0.25) is 5.89 Å². The van der Waals surface area contributed by atoms with Gasteiger partial charge < -0.3 is 14.9 Å². The Labute approximate surface area is 117 Å². The van der Waals surface area contributed by atoms with Gasteiger partial charge in [-0.3, -0.25) is 5.32 Å². The molecule has 2 aromatic heterocycles. The third-order valence-corrected chi connectivity index (χ3v) is 3.15. The predicted octanol–water partition coefficient (Wildman–Crippen LogP) is 1.50. The predicted molar refractivity (Wildman–Crippen MR) is 71.0 cm³/mol. The van der Waals surface area contributed by atoms with Crippen LogP contribution in [0.15, 0.2) is 16.0 Å². The lowest BCUT2D eigenvalue weighted by Gasteiger charge is -2.05. The number of carboxylic acid groups (broad SMARTS) is 1. The van der Waals surface area contributed by atoms with Crippen LogP contribution in [0.5, 0.6) is 0 Å². The summed E-state index contributed by atoms with van der Waals surface area (Å²) in [5, 5.41) is 19.5. The molecule has 9 heteroatoms. The Morgan fingerprint density at radius 3 is 2.95 bits per heavy atom. The zero-order valence-corrected chi connectivity index (χ0v) is 11.4. The number of aromatic nitrogens is 2. The maximum atomic E-state index is 11.6. The smallest absolute Gasteiger partial charge is 0.338 e. The van der Waals surface area contributed by atoms with E-state index < -0.39 is 12.0 Å². The molecule has 8 nitrogen and oxygen atoms in total. The van der Waals surface area contributed by atoms with Crippen molar-refractivity contribution in [2.75, 3.05) is 11.9 Å². The monoisotopic (exact) mass is 296 g/mol. The molecule has 0 fully saturated rings. The summed E-state index contributed by atoms with van der Waals surface area (Å²) in [4.78, 5) is 26.5. The third kappa shape index (κ3) is 3.54. The van der Waals surface area contributed by atoms with Crippen LogP contribution in [0.2, 0.25) is 0 Å². The van der Waals surface area contributed by atoms with Gasteiger partial charge in [-0.25, -0.2) is 9.59 Å². The fraction of sp³-hybridized carbons (Fsp3) is 0.273. The number of urea groups is 1. The second-order valence-electron chi connectivity index (χ2n) is 3.83. The van der Waals surface area contributed by atoms with Crippen molar-refractivity contribution >= 4 is 28.3 Å². The highest BCUT2D eigenvalue weighted by atomic mass is 32.1. The summed E-state index contributed by atoms with van der Waals surface area (Å²) < 4.78 is 4.89. The van der Waals surface area contributed by atoms with Gasteiger partial charge in [0, 0.05) is 13.0 Å². The molecule has 0 saturated heterocycles. The highest BCUT2D eigenvalue weighted by Crippen LogP contribution is 2.22.